The monoisotopic (exact) mass is 377 g/mol. The maximum absolute atomic E-state index is 12.5. The molecular weight excluding hydrogens is 354 g/mol. The fraction of sp³-hybridized carbons (Fsp3) is 0.471. The maximum atomic E-state index is 12.5. The van der Waals surface area contributed by atoms with E-state index in [1.807, 2.05) is 0 Å². The second-order valence-corrected chi connectivity index (χ2v) is 6.50. The van der Waals surface area contributed by atoms with Crippen LogP contribution in [-0.4, -0.2) is 52.2 Å². The van der Waals surface area contributed by atoms with Crippen LogP contribution in [0.5, 0.6) is 0 Å². The van der Waals surface area contributed by atoms with Crippen LogP contribution in [0, 0.1) is 10.1 Å². The van der Waals surface area contributed by atoms with Gasteiger partial charge in [0.2, 0.25) is 17.7 Å². The van der Waals surface area contributed by atoms with E-state index >= 15 is 0 Å². The van der Waals surface area contributed by atoms with Gasteiger partial charge in [0.15, 0.2) is 0 Å². The van der Waals surface area contributed by atoms with E-state index in [2.05, 4.69) is 10.6 Å². The van der Waals surface area contributed by atoms with Crippen molar-refractivity contribution in [1.29, 1.82) is 0 Å². The van der Waals surface area contributed by atoms with Gasteiger partial charge in [-0.2, -0.15) is 0 Å². The molecule has 27 heavy (non-hydrogen) atoms. The first kappa shape index (κ1) is 20.3. The van der Waals surface area contributed by atoms with Gasteiger partial charge >= 0.3 is 0 Å². The predicted octanol–water partition coefficient (Wildman–Crippen LogP) is 0.376. The number of anilines is 1. The summed E-state index contributed by atoms with van der Waals surface area (Å²) in [7, 11) is 0. The minimum Gasteiger partial charge on any atom is -0.343 e. The van der Waals surface area contributed by atoms with Gasteiger partial charge in [0, 0.05) is 24.4 Å². The summed E-state index contributed by atoms with van der Waals surface area (Å²) < 4.78 is 0. The van der Waals surface area contributed by atoms with Crippen molar-refractivity contribution in [1.82, 2.24) is 10.2 Å². The molecule has 1 fully saturated rings. The molecule has 3 atom stereocenters. The molecule has 0 unspecified atom stereocenters. The van der Waals surface area contributed by atoms with E-state index in [4.69, 9.17) is 5.73 Å². The number of amides is 3. The van der Waals surface area contributed by atoms with Gasteiger partial charge < -0.3 is 21.3 Å². The zero-order chi connectivity index (χ0) is 20.1. The van der Waals surface area contributed by atoms with Gasteiger partial charge in [0.1, 0.15) is 12.1 Å². The number of hydrogen-bond acceptors (Lipinski definition) is 6. The number of benzene rings is 1. The lowest BCUT2D eigenvalue weighted by atomic mass is 10.1. The van der Waals surface area contributed by atoms with Gasteiger partial charge in [-0.3, -0.25) is 24.5 Å². The fourth-order valence-corrected chi connectivity index (χ4v) is 2.86. The highest BCUT2D eigenvalue weighted by Crippen LogP contribution is 2.19. The summed E-state index contributed by atoms with van der Waals surface area (Å²) in [5.74, 6) is -1.18. The highest BCUT2D eigenvalue weighted by atomic mass is 16.6. The van der Waals surface area contributed by atoms with Crippen molar-refractivity contribution in [3.05, 3.63) is 34.4 Å². The van der Waals surface area contributed by atoms with Crippen LogP contribution in [0.2, 0.25) is 0 Å². The number of hydrogen-bond donors (Lipinski definition) is 3. The van der Waals surface area contributed by atoms with Gasteiger partial charge in [-0.15, -0.1) is 0 Å². The Morgan fingerprint density at radius 2 is 1.89 bits per heavy atom. The molecule has 3 amide bonds. The summed E-state index contributed by atoms with van der Waals surface area (Å²) in [6.45, 7) is 3.54. The first-order valence-corrected chi connectivity index (χ1v) is 8.62. The number of nitrogens with two attached hydrogens (primary N) is 1. The smallest absolute Gasteiger partial charge is 0.269 e. The van der Waals surface area contributed by atoms with Crippen LogP contribution in [-0.2, 0) is 14.4 Å². The van der Waals surface area contributed by atoms with Gasteiger partial charge in [-0.1, -0.05) is 0 Å². The Hall–Kier alpha value is -3.01. The van der Waals surface area contributed by atoms with Gasteiger partial charge in [0.25, 0.3) is 5.69 Å². The van der Waals surface area contributed by atoms with E-state index in [1.165, 1.54) is 36.1 Å². The summed E-state index contributed by atoms with van der Waals surface area (Å²) in [6.07, 6.45) is 1.21. The number of nitrogens with zero attached hydrogens (tertiary/aromatic N) is 2. The molecule has 1 saturated heterocycles. The van der Waals surface area contributed by atoms with E-state index < -0.39 is 34.9 Å². The number of nitrogens with one attached hydrogen (secondary N) is 2. The Bertz CT molecular complexity index is 734. The van der Waals surface area contributed by atoms with E-state index in [-0.39, 0.29) is 11.6 Å². The van der Waals surface area contributed by atoms with Crippen molar-refractivity contribution < 1.29 is 19.3 Å². The highest BCUT2D eigenvalue weighted by Gasteiger charge is 2.36. The summed E-state index contributed by atoms with van der Waals surface area (Å²) >= 11 is 0. The number of likely N-dealkylation sites (tertiary alicyclic amines) is 1. The predicted molar refractivity (Wildman–Crippen MR) is 97.7 cm³/mol. The fourth-order valence-electron chi connectivity index (χ4n) is 2.86. The maximum Gasteiger partial charge on any atom is 0.269 e. The Balaban J connectivity index is 1.94. The molecule has 1 aliphatic rings. The van der Waals surface area contributed by atoms with Crippen LogP contribution in [0.3, 0.4) is 0 Å². The normalized spacial score (nSPS) is 18.5. The Morgan fingerprint density at radius 1 is 1.26 bits per heavy atom. The molecule has 10 heteroatoms. The average molecular weight is 377 g/mol. The van der Waals surface area contributed by atoms with Crippen LogP contribution in [0.15, 0.2) is 24.3 Å². The quantitative estimate of drug-likeness (QED) is 0.482. The zero-order valence-electron chi connectivity index (χ0n) is 15.2. The number of carbonyl (C=O) groups is 3. The van der Waals surface area contributed by atoms with Gasteiger partial charge in [0.05, 0.1) is 11.0 Å². The van der Waals surface area contributed by atoms with Gasteiger partial charge in [-0.05, 0) is 38.8 Å². The third-order valence-electron chi connectivity index (χ3n) is 4.33. The molecule has 10 nitrogen and oxygen atoms in total. The Labute approximate surface area is 156 Å². The molecule has 1 aromatic rings. The van der Waals surface area contributed by atoms with E-state index in [1.54, 1.807) is 6.92 Å². The molecule has 2 rings (SSSR count). The van der Waals surface area contributed by atoms with E-state index in [0.29, 0.717) is 25.1 Å². The third-order valence-corrected chi connectivity index (χ3v) is 4.33. The molecule has 4 N–H and O–H groups in total. The topological polar surface area (TPSA) is 148 Å². The average Bonchev–Trinajstić information content (AvgIpc) is 3.11. The van der Waals surface area contributed by atoms with Crippen molar-refractivity contribution in [3.63, 3.8) is 0 Å². The molecular formula is C17H23N5O5. The molecule has 0 radical (unpaired) electrons. The molecule has 1 aliphatic heterocycles. The molecule has 0 spiro atoms. The first-order chi connectivity index (χ1) is 12.7. The standard InChI is InChI=1S/C17H23N5O5/c1-10(18)17(25)21-9-3-4-14(21)16(24)19-11(2)15(23)20-12-5-7-13(8-6-12)22(26)27/h5-8,10-11,14H,3-4,9,18H2,1-2H3,(H,19,24)(H,20,23)/t10-,11-,14-/m0/s1. The Kier molecular flexibility index (Phi) is 6.45. The van der Waals surface area contributed by atoms with Crippen molar-refractivity contribution >= 4 is 29.1 Å². The minimum absolute atomic E-state index is 0.0884. The lowest BCUT2D eigenvalue weighted by Gasteiger charge is -2.26. The molecule has 146 valence electrons. The number of nitro benzene ring substituents is 1. The molecule has 1 aromatic carbocycles. The summed E-state index contributed by atoms with van der Waals surface area (Å²) in [5.41, 5.74) is 5.90. The van der Waals surface area contributed by atoms with Crippen LogP contribution in [0.1, 0.15) is 26.7 Å². The van der Waals surface area contributed by atoms with E-state index in [9.17, 15) is 24.5 Å². The Morgan fingerprint density at radius 3 is 2.44 bits per heavy atom. The second-order valence-electron chi connectivity index (χ2n) is 6.50. The highest BCUT2D eigenvalue weighted by molar-refractivity contribution is 5.98. The molecule has 0 aromatic heterocycles. The van der Waals surface area contributed by atoms with E-state index in [0.717, 1.165) is 0 Å². The SMILES string of the molecule is C[C@H](N)C(=O)N1CCC[C@H]1C(=O)N[C@@H](C)C(=O)Nc1ccc([N+](=O)[O-])cc1. The molecule has 0 aliphatic carbocycles. The van der Waals surface area contributed by atoms with Crippen LogP contribution in [0.4, 0.5) is 11.4 Å². The van der Waals surface area contributed by atoms with Gasteiger partial charge in [-0.25, -0.2) is 0 Å². The number of carbonyl (C=O) groups excluding carboxylic acids is 3. The number of nitro groups is 1. The summed E-state index contributed by atoms with van der Waals surface area (Å²) in [5, 5.41) is 15.8. The number of non-ortho nitro benzene ring substituents is 1. The van der Waals surface area contributed by atoms with Crippen molar-refractivity contribution in [3.8, 4) is 0 Å². The summed E-state index contributed by atoms with van der Waals surface area (Å²) in [6, 6.07) is 3.18. The zero-order valence-corrected chi connectivity index (χ0v) is 15.2. The summed E-state index contributed by atoms with van der Waals surface area (Å²) in [4.78, 5) is 48.4. The largest absolute Gasteiger partial charge is 0.343 e. The number of rotatable bonds is 6. The van der Waals surface area contributed by atoms with Crippen molar-refractivity contribution in [2.45, 2.75) is 44.8 Å². The van der Waals surface area contributed by atoms with Crippen LogP contribution >= 0.6 is 0 Å². The van der Waals surface area contributed by atoms with Crippen LogP contribution in [0.25, 0.3) is 0 Å². The van der Waals surface area contributed by atoms with Crippen molar-refractivity contribution in [2.24, 2.45) is 5.73 Å². The van der Waals surface area contributed by atoms with Crippen molar-refractivity contribution in [2.75, 3.05) is 11.9 Å². The second kappa shape index (κ2) is 8.58. The molecule has 1 heterocycles. The first-order valence-electron chi connectivity index (χ1n) is 8.62. The lowest BCUT2D eigenvalue weighted by Crippen LogP contribution is -2.53. The molecule has 0 saturated carbocycles. The minimum atomic E-state index is -0.847. The third kappa shape index (κ3) is 5.00. The lowest BCUT2D eigenvalue weighted by molar-refractivity contribution is -0.384. The van der Waals surface area contributed by atoms with Crippen LogP contribution < -0.4 is 16.4 Å². The molecule has 0 bridgehead atoms.